The molecule has 0 radical (unpaired) electrons. The van der Waals surface area contributed by atoms with Crippen LogP contribution in [0.15, 0.2) is 28.8 Å². The van der Waals surface area contributed by atoms with Gasteiger partial charge in [0.1, 0.15) is 16.5 Å². The van der Waals surface area contributed by atoms with Gasteiger partial charge in [0.25, 0.3) is 0 Å². The highest BCUT2D eigenvalue weighted by Gasteiger charge is 2.11. The minimum atomic E-state index is -0.562. The Labute approximate surface area is 90.8 Å². The van der Waals surface area contributed by atoms with E-state index in [2.05, 4.69) is 10.4 Å². The van der Waals surface area contributed by atoms with Crippen LogP contribution >= 0.6 is 0 Å². The standard InChI is InChI=1S/C9H10N4O3/c1-12-8(4-5-11-12)10-6-7-2-3-9(16-7)13(14)15/h2-5,10H,6H2,1H3. The van der Waals surface area contributed by atoms with E-state index in [1.54, 1.807) is 30.1 Å². The van der Waals surface area contributed by atoms with E-state index in [0.29, 0.717) is 12.3 Å². The zero-order chi connectivity index (χ0) is 11.5. The van der Waals surface area contributed by atoms with Gasteiger partial charge in [-0.1, -0.05) is 0 Å². The number of nitrogens with zero attached hydrogens (tertiary/aromatic N) is 3. The van der Waals surface area contributed by atoms with Crippen LogP contribution in [0.25, 0.3) is 0 Å². The van der Waals surface area contributed by atoms with E-state index < -0.39 is 4.92 Å². The van der Waals surface area contributed by atoms with Gasteiger partial charge in [-0.25, -0.2) is 0 Å². The highest BCUT2D eigenvalue weighted by atomic mass is 16.6. The Morgan fingerprint density at radius 1 is 1.56 bits per heavy atom. The quantitative estimate of drug-likeness (QED) is 0.626. The molecule has 1 N–H and O–H groups in total. The van der Waals surface area contributed by atoms with E-state index in [1.165, 1.54) is 6.07 Å². The fourth-order valence-electron chi connectivity index (χ4n) is 1.28. The summed E-state index contributed by atoms with van der Waals surface area (Å²) in [5.41, 5.74) is 0. The summed E-state index contributed by atoms with van der Waals surface area (Å²) in [6.07, 6.45) is 1.66. The summed E-state index contributed by atoms with van der Waals surface area (Å²) in [7, 11) is 1.80. The van der Waals surface area contributed by atoms with E-state index in [0.717, 1.165) is 5.82 Å². The fraction of sp³-hybridized carbons (Fsp3) is 0.222. The predicted octanol–water partition coefficient (Wildman–Crippen LogP) is 1.53. The van der Waals surface area contributed by atoms with Gasteiger partial charge in [-0.15, -0.1) is 0 Å². The first-order valence-corrected chi connectivity index (χ1v) is 4.62. The molecule has 0 aromatic carbocycles. The van der Waals surface area contributed by atoms with Crippen molar-refractivity contribution in [1.29, 1.82) is 0 Å². The number of aromatic nitrogens is 2. The largest absolute Gasteiger partial charge is 0.433 e. The van der Waals surface area contributed by atoms with Crippen LogP contribution in [-0.2, 0) is 13.6 Å². The molecule has 0 atom stereocenters. The molecule has 0 spiro atoms. The normalized spacial score (nSPS) is 10.3. The molecular weight excluding hydrogens is 212 g/mol. The molecule has 2 rings (SSSR count). The zero-order valence-electron chi connectivity index (χ0n) is 8.58. The third-order valence-corrected chi connectivity index (χ3v) is 2.09. The smallest absolute Gasteiger partial charge is 0.404 e. The minimum Gasteiger partial charge on any atom is -0.404 e. The second-order valence-corrected chi connectivity index (χ2v) is 3.19. The Hall–Kier alpha value is -2.31. The topological polar surface area (TPSA) is 86.1 Å². The molecule has 2 aromatic rings. The Morgan fingerprint density at radius 2 is 2.38 bits per heavy atom. The average Bonchev–Trinajstić information content (AvgIpc) is 2.83. The van der Waals surface area contributed by atoms with Crippen molar-refractivity contribution >= 4 is 11.7 Å². The van der Waals surface area contributed by atoms with Gasteiger partial charge in [0, 0.05) is 13.1 Å². The van der Waals surface area contributed by atoms with Crippen molar-refractivity contribution in [2.24, 2.45) is 7.05 Å². The Kier molecular flexibility index (Phi) is 2.59. The maximum atomic E-state index is 10.4. The lowest BCUT2D eigenvalue weighted by atomic mass is 10.4. The minimum absolute atomic E-state index is 0.248. The number of rotatable bonds is 4. The van der Waals surface area contributed by atoms with Gasteiger partial charge in [-0.3, -0.25) is 14.8 Å². The van der Waals surface area contributed by atoms with Crippen molar-refractivity contribution in [3.05, 3.63) is 40.3 Å². The van der Waals surface area contributed by atoms with Crippen LogP contribution in [0.1, 0.15) is 5.76 Å². The molecule has 0 saturated carbocycles. The third kappa shape index (κ3) is 2.02. The van der Waals surface area contributed by atoms with Gasteiger partial charge >= 0.3 is 5.88 Å². The second-order valence-electron chi connectivity index (χ2n) is 3.19. The first-order chi connectivity index (χ1) is 7.66. The second kappa shape index (κ2) is 4.05. The van der Waals surface area contributed by atoms with Gasteiger partial charge in [-0.05, 0) is 6.07 Å². The van der Waals surface area contributed by atoms with Crippen LogP contribution in [0.5, 0.6) is 0 Å². The lowest BCUT2D eigenvalue weighted by Crippen LogP contribution is -2.03. The molecule has 2 aromatic heterocycles. The molecule has 16 heavy (non-hydrogen) atoms. The summed E-state index contributed by atoms with van der Waals surface area (Å²) >= 11 is 0. The van der Waals surface area contributed by atoms with Crippen molar-refractivity contribution in [1.82, 2.24) is 9.78 Å². The van der Waals surface area contributed by atoms with Crippen molar-refractivity contribution < 1.29 is 9.34 Å². The molecular formula is C9H10N4O3. The molecule has 0 fully saturated rings. The summed E-state index contributed by atoms with van der Waals surface area (Å²) in [5.74, 6) is 1.08. The third-order valence-electron chi connectivity index (χ3n) is 2.09. The molecule has 0 saturated heterocycles. The van der Waals surface area contributed by atoms with Crippen molar-refractivity contribution in [2.75, 3.05) is 5.32 Å². The Balaban J connectivity index is 2.00. The van der Waals surface area contributed by atoms with E-state index in [4.69, 9.17) is 4.42 Å². The van der Waals surface area contributed by atoms with E-state index in [9.17, 15) is 10.1 Å². The van der Waals surface area contributed by atoms with Gasteiger partial charge in [0.2, 0.25) is 0 Å². The molecule has 0 aliphatic rings. The van der Waals surface area contributed by atoms with Gasteiger partial charge < -0.3 is 9.73 Å². The summed E-state index contributed by atoms with van der Waals surface area (Å²) in [6, 6.07) is 4.71. The van der Waals surface area contributed by atoms with E-state index in [1.807, 2.05) is 0 Å². The van der Waals surface area contributed by atoms with Crippen LogP contribution in [0, 0.1) is 10.1 Å². The highest BCUT2D eigenvalue weighted by Crippen LogP contribution is 2.16. The van der Waals surface area contributed by atoms with Crippen LogP contribution in [0.4, 0.5) is 11.7 Å². The highest BCUT2D eigenvalue weighted by molar-refractivity contribution is 5.34. The van der Waals surface area contributed by atoms with Crippen LogP contribution < -0.4 is 5.32 Å². The molecule has 7 nitrogen and oxygen atoms in total. The number of aryl methyl sites for hydroxylation is 1. The first-order valence-electron chi connectivity index (χ1n) is 4.62. The molecule has 0 unspecified atom stereocenters. The summed E-state index contributed by atoms with van der Waals surface area (Å²) in [4.78, 5) is 9.82. The van der Waals surface area contributed by atoms with Gasteiger partial charge in [0.05, 0.1) is 18.8 Å². The summed E-state index contributed by atoms with van der Waals surface area (Å²) in [5, 5.41) is 17.4. The monoisotopic (exact) mass is 222 g/mol. The van der Waals surface area contributed by atoms with Gasteiger partial charge in [0.15, 0.2) is 0 Å². The molecule has 84 valence electrons. The molecule has 2 heterocycles. The number of furan rings is 1. The van der Waals surface area contributed by atoms with E-state index >= 15 is 0 Å². The SMILES string of the molecule is Cn1nccc1NCc1ccc([N+](=O)[O-])o1. The molecule has 7 heteroatoms. The predicted molar refractivity (Wildman–Crippen MR) is 55.9 cm³/mol. The number of hydrogen-bond donors (Lipinski definition) is 1. The Morgan fingerprint density at radius 3 is 2.94 bits per heavy atom. The molecule has 0 amide bonds. The summed E-state index contributed by atoms with van der Waals surface area (Å²) < 4.78 is 6.66. The first kappa shape index (κ1) is 10.2. The van der Waals surface area contributed by atoms with Gasteiger partial charge in [-0.2, -0.15) is 5.10 Å². The van der Waals surface area contributed by atoms with Crippen molar-refractivity contribution in [3.63, 3.8) is 0 Å². The van der Waals surface area contributed by atoms with Crippen molar-refractivity contribution in [2.45, 2.75) is 6.54 Å². The lowest BCUT2D eigenvalue weighted by molar-refractivity contribution is -0.402. The average molecular weight is 222 g/mol. The van der Waals surface area contributed by atoms with E-state index in [-0.39, 0.29) is 5.88 Å². The summed E-state index contributed by atoms with van der Waals surface area (Å²) in [6.45, 7) is 0.382. The van der Waals surface area contributed by atoms with Crippen LogP contribution in [0.2, 0.25) is 0 Å². The zero-order valence-corrected chi connectivity index (χ0v) is 8.58. The number of nitrogens with one attached hydrogen (secondary N) is 1. The molecule has 0 aliphatic heterocycles. The van der Waals surface area contributed by atoms with Crippen LogP contribution in [-0.4, -0.2) is 14.7 Å². The lowest BCUT2D eigenvalue weighted by Gasteiger charge is -2.03. The maximum absolute atomic E-state index is 10.4. The fourth-order valence-corrected chi connectivity index (χ4v) is 1.28. The molecule has 0 bridgehead atoms. The number of anilines is 1. The van der Waals surface area contributed by atoms with Crippen LogP contribution in [0.3, 0.4) is 0 Å². The number of hydrogen-bond acceptors (Lipinski definition) is 5. The van der Waals surface area contributed by atoms with Crippen molar-refractivity contribution in [3.8, 4) is 0 Å². The Bertz CT molecular complexity index is 502. The molecule has 0 aliphatic carbocycles. The number of nitro groups is 1. The maximum Gasteiger partial charge on any atom is 0.433 e.